The summed E-state index contributed by atoms with van der Waals surface area (Å²) in [5, 5.41) is 0. The summed E-state index contributed by atoms with van der Waals surface area (Å²) in [7, 11) is 0. The molecule has 0 atom stereocenters. The van der Waals surface area contributed by atoms with Crippen molar-refractivity contribution in [3.8, 4) is 16.9 Å². The highest BCUT2D eigenvalue weighted by molar-refractivity contribution is 5.65. The molecule has 0 aliphatic heterocycles. The standard InChI is InChI=1S/C30H33F3O2/c1-3-34-24-14-11-22(12-15-24)27-18-17-26(29(32)30(27)33)21-8-5-20(6-9-21)7-10-23-13-16-25(35-4-2)19-28(23)31/h5-6,8-9,13,16-19,22,24H,3-4,7,10-12,14-15H2,1-2H3. The Morgan fingerprint density at radius 2 is 1.51 bits per heavy atom. The molecule has 0 spiro atoms. The number of ether oxygens (including phenoxy) is 2. The first-order valence-electron chi connectivity index (χ1n) is 12.6. The average molecular weight is 483 g/mol. The van der Waals surface area contributed by atoms with Crippen LogP contribution < -0.4 is 4.74 Å². The summed E-state index contributed by atoms with van der Waals surface area (Å²) in [6, 6.07) is 15.7. The third-order valence-corrected chi connectivity index (χ3v) is 6.91. The Kier molecular flexibility index (Phi) is 8.50. The van der Waals surface area contributed by atoms with Gasteiger partial charge in [-0.05, 0) is 86.6 Å². The zero-order valence-corrected chi connectivity index (χ0v) is 20.5. The molecule has 0 radical (unpaired) electrons. The van der Waals surface area contributed by atoms with Gasteiger partial charge in [-0.2, -0.15) is 0 Å². The fourth-order valence-corrected chi connectivity index (χ4v) is 5.00. The largest absolute Gasteiger partial charge is 0.494 e. The van der Waals surface area contributed by atoms with E-state index in [-0.39, 0.29) is 23.4 Å². The molecule has 0 saturated heterocycles. The maximum absolute atomic E-state index is 15.1. The number of rotatable bonds is 9. The first kappa shape index (κ1) is 25.3. The van der Waals surface area contributed by atoms with E-state index in [1.807, 2.05) is 26.0 Å². The lowest BCUT2D eigenvalue weighted by Crippen LogP contribution is -2.21. The van der Waals surface area contributed by atoms with Crippen LogP contribution in [0, 0.1) is 17.5 Å². The van der Waals surface area contributed by atoms with Crippen LogP contribution in [0.1, 0.15) is 62.1 Å². The Morgan fingerprint density at radius 1 is 0.771 bits per heavy atom. The van der Waals surface area contributed by atoms with Crippen molar-refractivity contribution in [1.82, 2.24) is 0 Å². The summed E-state index contributed by atoms with van der Waals surface area (Å²) >= 11 is 0. The molecule has 5 heteroatoms. The summed E-state index contributed by atoms with van der Waals surface area (Å²) in [5.74, 6) is -1.26. The molecule has 1 aliphatic carbocycles. The predicted octanol–water partition coefficient (Wildman–Crippen LogP) is 8.02. The molecule has 0 unspecified atom stereocenters. The third-order valence-electron chi connectivity index (χ3n) is 6.91. The van der Waals surface area contributed by atoms with Crippen molar-refractivity contribution >= 4 is 0 Å². The molecule has 0 N–H and O–H groups in total. The molecule has 186 valence electrons. The van der Waals surface area contributed by atoms with E-state index in [2.05, 4.69) is 0 Å². The van der Waals surface area contributed by atoms with Crippen LogP contribution in [0.15, 0.2) is 54.6 Å². The maximum atomic E-state index is 15.1. The van der Waals surface area contributed by atoms with E-state index < -0.39 is 11.6 Å². The van der Waals surface area contributed by atoms with Crippen molar-refractivity contribution in [3.05, 3.63) is 88.7 Å². The van der Waals surface area contributed by atoms with Crippen LogP contribution in [-0.4, -0.2) is 19.3 Å². The molecule has 0 heterocycles. The van der Waals surface area contributed by atoms with Gasteiger partial charge in [0.25, 0.3) is 0 Å². The van der Waals surface area contributed by atoms with E-state index in [4.69, 9.17) is 9.47 Å². The molecule has 4 rings (SSSR count). The number of hydrogen-bond acceptors (Lipinski definition) is 2. The van der Waals surface area contributed by atoms with Gasteiger partial charge in [-0.15, -0.1) is 0 Å². The molecule has 2 nitrogen and oxygen atoms in total. The number of halogens is 3. The fraction of sp³-hybridized carbons (Fsp3) is 0.400. The SMILES string of the molecule is CCOc1ccc(CCc2ccc(-c3ccc(C4CCC(OCC)CC4)c(F)c3F)cc2)c(F)c1. The van der Waals surface area contributed by atoms with Gasteiger partial charge in [-0.3, -0.25) is 0 Å². The van der Waals surface area contributed by atoms with E-state index >= 15 is 8.78 Å². The molecule has 3 aromatic rings. The average Bonchev–Trinajstić information content (AvgIpc) is 2.87. The summed E-state index contributed by atoms with van der Waals surface area (Å²) in [5.41, 5.74) is 2.99. The number of aryl methyl sites for hydroxylation is 2. The summed E-state index contributed by atoms with van der Waals surface area (Å²) in [6.07, 6.45) is 4.79. The van der Waals surface area contributed by atoms with Gasteiger partial charge in [0.1, 0.15) is 11.6 Å². The van der Waals surface area contributed by atoms with Crippen molar-refractivity contribution in [2.75, 3.05) is 13.2 Å². The smallest absolute Gasteiger partial charge is 0.166 e. The van der Waals surface area contributed by atoms with Crippen LogP contribution in [0.4, 0.5) is 13.2 Å². The van der Waals surface area contributed by atoms with E-state index in [0.29, 0.717) is 48.5 Å². The summed E-state index contributed by atoms with van der Waals surface area (Å²) in [4.78, 5) is 0. The van der Waals surface area contributed by atoms with Crippen molar-refractivity contribution in [3.63, 3.8) is 0 Å². The minimum atomic E-state index is -0.793. The third kappa shape index (κ3) is 6.07. The molecule has 1 saturated carbocycles. The zero-order valence-electron chi connectivity index (χ0n) is 20.5. The van der Waals surface area contributed by atoms with Gasteiger partial charge in [0, 0.05) is 18.2 Å². The maximum Gasteiger partial charge on any atom is 0.166 e. The Hall–Kier alpha value is -2.79. The topological polar surface area (TPSA) is 18.5 Å². The van der Waals surface area contributed by atoms with Gasteiger partial charge in [-0.1, -0.05) is 42.5 Å². The van der Waals surface area contributed by atoms with Gasteiger partial charge < -0.3 is 9.47 Å². The fourth-order valence-electron chi connectivity index (χ4n) is 5.00. The zero-order chi connectivity index (χ0) is 24.8. The summed E-state index contributed by atoms with van der Waals surface area (Å²) in [6.45, 7) is 5.02. The van der Waals surface area contributed by atoms with Crippen molar-refractivity contribution in [2.45, 2.75) is 64.4 Å². The van der Waals surface area contributed by atoms with Crippen LogP contribution in [0.5, 0.6) is 5.75 Å². The van der Waals surface area contributed by atoms with Crippen LogP contribution in [0.3, 0.4) is 0 Å². The molecule has 0 amide bonds. The Morgan fingerprint density at radius 3 is 2.17 bits per heavy atom. The van der Waals surface area contributed by atoms with Crippen molar-refractivity contribution in [2.24, 2.45) is 0 Å². The minimum absolute atomic E-state index is 0.0284. The van der Waals surface area contributed by atoms with Crippen LogP contribution in [-0.2, 0) is 17.6 Å². The number of hydrogen-bond donors (Lipinski definition) is 0. The molecule has 3 aromatic carbocycles. The van der Waals surface area contributed by atoms with Gasteiger partial charge in [0.05, 0.1) is 12.7 Å². The van der Waals surface area contributed by atoms with E-state index in [1.54, 1.807) is 36.4 Å². The second-order valence-corrected chi connectivity index (χ2v) is 9.14. The second-order valence-electron chi connectivity index (χ2n) is 9.14. The Labute approximate surface area is 206 Å². The van der Waals surface area contributed by atoms with Crippen molar-refractivity contribution < 1.29 is 22.6 Å². The van der Waals surface area contributed by atoms with Crippen molar-refractivity contribution in [1.29, 1.82) is 0 Å². The first-order valence-corrected chi connectivity index (χ1v) is 12.6. The molecular weight excluding hydrogens is 449 g/mol. The van der Waals surface area contributed by atoms with E-state index in [9.17, 15) is 4.39 Å². The highest BCUT2D eigenvalue weighted by Crippen LogP contribution is 2.37. The van der Waals surface area contributed by atoms with E-state index in [1.165, 1.54) is 6.07 Å². The molecule has 0 bridgehead atoms. The Balaban J connectivity index is 1.41. The minimum Gasteiger partial charge on any atom is -0.494 e. The highest BCUT2D eigenvalue weighted by atomic mass is 19.2. The predicted molar refractivity (Wildman–Crippen MR) is 133 cm³/mol. The lowest BCUT2D eigenvalue weighted by Gasteiger charge is -2.29. The lowest BCUT2D eigenvalue weighted by molar-refractivity contribution is 0.0325. The van der Waals surface area contributed by atoms with Gasteiger partial charge >= 0.3 is 0 Å². The van der Waals surface area contributed by atoms with Crippen LogP contribution in [0.25, 0.3) is 11.1 Å². The monoisotopic (exact) mass is 482 g/mol. The normalized spacial score (nSPS) is 18.0. The Bertz CT molecular complexity index is 1120. The first-order chi connectivity index (χ1) is 17.0. The lowest BCUT2D eigenvalue weighted by atomic mass is 9.82. The van der Waals surface area contributed by atoms with Crippen LogP contribution >= 0.6 is 0 Å². The van der Waals surface area contributed by atoms with Gasteiger partial charge in [0.2, 0.25) is 0 Å². The second kappa shape index (κ2) is 11.8. The molecule has 35 heavy (non-hydrogen) atoms. The summed E-state index contributed by atoms with van der Waals surface area (Å²) < 4.78 is 55.4. The quantitative estimate of drug-likeness (QED) is 0.307. The molecule has 1 aliphatic rings. The van der Waals surface area contributed by atoms with Crippen LogP contribution in [0.2, 0.25) is 0 Å². The van der Waals surface area contributed by atoms with Gasteiger partial charge in [-0.25, -0.2) is 13.2 Å². The van der Waals surface area contributed by atoms with E-state index in [0.717, 1.165) is 31.2 Å². The van der Waals surface area contributed by atoms with Gasteiger partial charge in [0.15, 0.2) is 11.6 Å². The number of benzene rings is 3. The highest BCUT2D eigenvalue weighted by Gasteiger charge is 2.26. The molecule has 1 fully saturated rings. The molecular formula is C30H33F3O2. The molecule has 0 aromatic heterocycles.